The largest absolute Gasteiger partial charge is 0.548 e. The number of para-hydroxylation sites is 1. The van der Waals surface area contributed by atoms with Crippen molar-refractivity contribution >= 4 is 32.7 Å². The third-order valence-corrected chi connectivity index (χ3v) is 9.33. The molecule has 3 heterocycles. The lowest BCUT2D eigenvalue weighted by molar-refractivity contribution is 0.358. The number of H-pyrrole nitrogens is 1. The first-order chi connectivity index (χ1) is 16.8. The number of nitrogens with zero attached hydrogens (tertiary/aromatic N) is 3. The van der Waals surface area contributed by atoms with Gasteiger partial charge in [-0.15, -0.1) is 4.37 Å². The zero-order valence-corrected chi connectivity index (χ0v) is 21.1. The van der Waals surface area contributed by atoms with Crippen LogP contribution in [0.15, 0.2) is 44.6 Å². The highest BCUT2D eigenvalue weighted by Gasteiger charge is 2.31. The van der Waals surface area contributed by atoms with Crippen molar-refractivity contribution in [3.8, 4) is 5.75 Å². The summed E-state index contributed by atoms with van der Waals surface area (Å²) in [5.74, 6) is 1.57. The van der Waals surface area contributed by atoms with Gasteiger partial charge in [0.2, 0.25) is 21.3 Å². The second kappa shape index (κ2) is 9.76. The molecule has 35 heavy (non-hydrogen) atoms. The third-order valence-electron chi connectivity index (χ3n) is 6.68. The number of hydrogen-bond acceptors (Lipinski definition) is 8. The van der Waals surface area contributed by atoms with E-state index >= 15 is 0 Å². The van der Waals surface area contributed by atoms with Crippen molar-refractivity contribution in [2.45, 2.75) is 56.4 Å². The van der Waals surface area contributed by atoms with Crippen molar-refractivity contribution in [2.75, 3.05) is 18.4 Å². The molecule has 0 amide bonds. The molecule has 3 aromatic rings. The fourth-order valence-corrected chi connectivity index (χ4v) is 7.18. The monoisotopic (exact) mass is 519 g/mol. The number of aromatic nitrogens is 2. The molecule has 2 fully saturated rings. The fraction of sp³-hybridized carbons (Fsp3) is 0.478. The third kappa shape index (κ3) is 4.88. The summed E-state index contributed by atoms with van der Waals surface area (Å²) >= 11 is -1.75. The van der Waals surface area contributed by atoms with E-state index in [0.717, 1.165) is 50.0 Å². The average Bonchev–Trinajstić information content (AvgIpc) is 3.62. The zero-order valence-electron chi connectivity index (χ0n) is 19.4. The van der Waals surface area contributed by atoms with E-state index in [4.69, 9.17) is 9.41 Å². The number of nitrogens with one attached hydrogen (secondary N) is 2. The molecule has 1 aliphatic heterocycles. The molecule has 0 radical (unpaired) electrons. The number of furan rings is 1. The number of aromatic amines is 1. The maximum Gasteiger partial charge on any atom is 0.246 e. The Morgan fingerprint density at radius 2 is 1.97 bits per heavy atom. The summed E-state index contributed by atoms with van der Waals surface area (Å²) in [4.78, 5) is 4.67. The molecule has 2 atom stereocenters. The van der Waals surface area contributed by atoms with Crippen LogP contribution in [0.5, 0.6) is 5.75 Å². The lowest BCUT2D eigenvalue weighted by atomic mass is 9.96. The summed E-state index contributed by atoms with van der Waals surface area (Å²) in [6, 6.07) is 8.02. The number of hydrogen-bond donors (Lipinski definition) is 3. The summed E-state index contributed by atoms with van der Waals surface area (Å²) in [7, 11) is -3.83. The van der Waals surface area contributed by atoms with Crippen LogP contribution in [0, 0.1) is 12.8 Å². The molecule has 12 heteroatoms. The van der Waals surface area contributed by atoms with Gasteiger partial charge in [-0.3, -0.25) is 0 Å². The van der Waals surface area contributed by atoms with Gasteiger partial charge < -0.3 is 19.4 Å². The molecule has 1 aromatic carbocycles. The topological polar surface area (TPSA) is 147 Å². The highest BCUT2D eigenvalue weighted by molar-refractivity contribution is 7.89. The van der Waals surface area contributed by atoms with E-state index in [1.165, 1.54) is 10.4 Å². The van der Waals surface area contributed by atoms with Crippen LogP contribution in [0.2, 0.25) is 0 Å². The molecule has 0 bridgehead atoms. The van der Waals surface area contributed by atoms with Gasteiger partial charge in [-0.2, -0.15) is 4.31 Å². The number of sulfonamides is 1. The van der Waals surface area contributed by atoms with Gasteiger partial charge in [-0.1, -0.05) is 18.9 Å². The van der Waals surface area contributed by atoms with Crippen LogP contribution in [-0.4, -0.2) is 44.2 Å². The Kier molecular flexibility index (Phi) is 6.71. The van der Waals surface area contributed by atoms with E-state index in [1.54, 1.807) is 12.1 Å². The normalized spacial score (nSPS) is 19.5. The molecule has 0 spiro atoms. The number of aryl methyl sites for hydroxylation is 1. The molecule has 5 rings (SSSR count). The Bertz CT molecular complexity index is 1360. The van der Waals surface area contributed by atoms with Crippen molar-refractivity contribution in [3.05, 3.63) is 47.3 Å². The van der Waals surface area contributed by atoms with Gasteiger partial charge in [0, 0.05) is 17.5 Å². The molecule has 1 saturated heterocycles. The van der Waals surface area contributed by atoms with Crippen molar-refractivity contribution in [3.63, 3.8) is 0 Å². The van der Waals surface area contributed by atoms with Crippen molar-refractivity contribution < 1.29 is 22.5 Å². The van der Waals surface area contributed by atoms with Crippen molar-refractivity contribution in [1.29, 1.82) is 0 Å². The molecule has 3 N–H and O–H groups in total. The van der Waals surface area contributed by atoms with E-state index in [1.807, 2.05) is 19.1 Å². The SMILES string of the molecule is Cc1ccc([C@H](N=c2[nH][s+]([O-])nc2Nc2cccc(S(=O)(=O)N3CCCC3)c2O)C2CCCC2)o1. The summed E-state index contributed by atoms with van der Waals surface area (Å²) in [6.45, 7) is 2.74. The first kappa shape index (κ1) is 24.0. The maximum atomic E-state index is 13.0. The minimum Gasteiger partial charge on any atom is -0.548 e. The number of benzene rings is 1. The molecule has 1 saturated carbocycles. The number of rotatable bonds is 7. The highest BCUT2D eigenvalue weighted by atomic mass is 32.2. The number of anilines is 2. The minimum absolute atomic E-state index is 0.142. The molecule has 2 aromatic heterocycles. The van der Waals surface area contributed by atoms with Crippen LogP contribution >= 0.6 is 11.1 Å². The molecule has 1 aliphatic carbocycles. The van der Waals surface area contributed by atoms with Crippen molar-refractivity contribution in [1.82, 2.24) is 13.1 Å². The number of aromatic hydroxyl groups is 1. The predicted octanol–water partition coefficient (Wildman–Crippen LogP) is 4.10. The molecule has 1 unspecified atom stereocenters. The number of phenols is 1. The maximum absolute atomic E-state index is 13.0. The second-order valence-corrected chi connectivity index (χ2v) is 11.9. The lowest BCUT2D eigenvalue weighted by Crippen LogP contribution is -2.28. The molecule has 2 aliphatic rings. The predicted molar refractivity (Wildman–Crippen MR) is 130 cm³/mol. The Morgan fingerprint density at radius 3 is 2.66 bits per heavy atom. The Labute approximate surface area is 206 Å². The Balaban J connectivity index is 1.51. The van der Waals surface area contributed by atoms with Gasteiger partial charge >= 0.3 is 0 Å². The minimum atomic E-state index is -3.83. The number of phenolic OH excluding ortho intramolecular Hbond substituents is 1. The van der Waals surface area contributed by atoms with Gasteiger partial charge in [0.15, 0.2) is 16.9 Å². The van der Waals surface area contributed by atoms with Crippen molar-refractivity contribution in [2.24, 2.45) is 10.9 Å². The van der Waals surface area contributed by atoms with Crippen LogP contribution in [-0.2, 0) is 10.0 Å². The van der Waals surface area contributed by atoms with E-state index in [0.29, 0.717) is 13.1 Å². The standard InChI is InChI=1S/C23H29N5O5S2/c1-15-11-12-18(33-15)20(16-7-2-3-8-16)25-23-22(26-34(30)27-23)24-17-9-6-10-19(21(17)29)35(31,32)28-13-4-5-14-28/h6,9-12,16,20,29H,2-5,7-8,13-14H2,1H3,(H,24,26)(H,25,27)/t20-,34?/m1/s1. The van der Waals surface area contributed by atoms with E-state index in [9.17, 15) is 18.1 Å². The van der Waals surface area contributed by atoms with Gasteiger partial charge in [0.05, 0.1) is 5.69 Å². The lowest BCUT2D eigenvalue weighted by Gasteiger charge is -2.18. The van der Waals surface area contributed by atoms with Crippen LogP contribution in [0.3, 0.4) is 0 Å². The van der Waals surface area contributed by atoms with E-state index in [-0.39, 0.29) is 33.8 Å². The first-order valence-corrected chi connectivity index (χ1v) is 14.4. The van der Waals surface area contributed by atoms with Gasteiger partial charge in [0.25, 0.3) is 0 Å². The fourth-order valence-electron chi connectivity index (χ4n) is 4.90. The zero-order chi connectivity index (χ0) is 24.6. The quantitative estimate of drug-likeness (QED) is 0.314. The summed E-state index contributed by atoms with van der Waals surface area (Å²) < 4.78 is 52.5. The van der Waals surface area contributed by atoms with Gasteiger partial charge in [-0.05, 0) is 62.8 Å². The van der Waals surface area contributed by atoms with Crippen LogP contribution < -0.4 is 10.8 Å². The van der Waals surface area contributed by atoms with E-state index < -0.39 is 26.9 Å². The summed E-state index contributed by atoms with van der Waals surface area (Å²) in [6.07, 6.45) is 5.86. The summed E-state index contributed by atoms with van der Waals surface area (Å²) in [5, 5.41) is 13.8. The summed E-state index contributed by atoms with van der Waals surface area (Å²) in [5.41, 5.74) is 0.421. The first-order valence-electron chi connectivity index (χ1n) is 11.8. The molecule has 10 nitrogen and oxygen atoms in total. The van der Waals surface area contributed by atoms with Gasteiger partial charge in [0.1, 0.15) is 22.5 Å². The van der Waals surface area contributed by atoms with Crippen LogP contribution in [0.25, 0.3) is 0 Å². The Morgan fingerprint density at radius 1 is 1.23 bits per heavy atom. The van der Waals surface area contributed by atoms with Crippen LogP contribution in [0.4, 0.5) is 11.5 Å². The molecular formula is C23H29N5O5S2. The smallest absolute Gasteiger partial charge is 0.246 e. The van der Waals surface area contributed by atoms with Crippen LogP contribution in [0.1, 0.15) is 56.1 Å². The molecule has 188 valence electrons. The highest BCUT2D eigenvalue weighted by Crippen LogP contribution is 2.39. The second-order valence-electron chi connectivity index (χ2n) is 9.10. The van der Waals surface area contributed by atoms with E-state index in [2.05, 4.69) is 14.1 Å². The average molecular weight is 520 g/mol. The molecular weight excluding hydrogens is 490 g/mol. The van der Waals surface area contributed by atoms with Gasteiger partial charge in [-0.25, -0.2) is 13.4 Å². The Hall–Kier alpha value is -2.67.